The lowest BCUT2D eigenvalue weighted by Crippen LogP contribution is -2.17. The van der Waals surface area contributed by atoms with Crippen LogP contribution in [0.4, 0.5) is 0 Å². The fourth-order valence-electron chi connectivity index (χ4n) is 0.675. The highest BCUT2D eigenvalue weighted by atomic mass is 32.2. The van der Waals surface area contributed by atoms with Gasteiger partial charge in [0.2, 0.25) is 0 Å². The first-order chi connectivity index (χ1) is 5.07. The zero-order valence-corrected chi connectivity index (χ0v) is 8.40. The first-order valence-corrected chi connectivity index (χ1v) is 5.05. The van der Waals surface area contributed by atoms with Crippen LogP contribution in [0.5, 0.6) is 0 Å². The van der Waals surface area contributed by atoms with E-state index in [-0.39, 0.29) is 6.10 Å². The predicted molar refractivity (Wildman–Crippen MR) is 53.0 cm³/mol. The summed E-state index contributed by atoms with van der Waals surface area (Å²) >= 11 is 1.88. The van der Waals surface area contributed by atoms with Crippen molar-refractivity contribution in [3.05, 3.63) is 12.7 Å². The van der Waals surface area contributed by atoms with Crippen LogP contribution < -0.4 is 0 Å². The number of hydrogen-bond acceptors (Lipinski definition) is 2. The van der Waals surface area contributed by atoms with Gasteiger partial charge in [-0.2, -0.15) is 11.8 Å². The number of aliphatic hydroxyl groups is 1. The highest BCUT2D eigenvalue weighted by molar-refractivity contribution is 7.99. The molecule has 2 heteroatoms. The molecule has 1 N–H and O–H groups in total. The number of rotatable bonds is 5. The van der Waals surface area contributed by atoms with E-state index >= 15 is 0 Å². The van der Waals surface area contributed by atoms with Crippen molar-refractivity contribution in [3.63, 3.8) is 0 Å². The third kappa shape index (κ3) is 5.33. The summed E-state index contributed by atoms with van der Waals surface area (Å²) in [6, 6.07) is 0. The van der Waals surface area contributed by atoms with Gasteiger partial charge in [0, 0.05) is 0 Å². The minimum absolute atomic E-state index is 0.319. The lowest BCUT2D eigenvalue weighted by atomic mass is 10.1. The molecule has 0 aromatic heterocycles. The van der Waals surface area contributed by atoms with E-state index in [4.69, 9.17) is 0 Å². The maximum Gasteiger partial charge on any atom is 0.0751 e. The molecule has 0 saturated heterocycles. The van der Waals surface area contributed by atoms with Gasteiger partial charge in [-0.3, -0.25) is 0 Å². The molecule has 0 aliphatic rings. The molecule has 0 fully saturated rings. The normalized spacial score (nSPS) is 16.5. The molecular weight excluding hydrogens is 156 g/mol. The molecule has 0 radical (unpaired) electrons. The number of aliphatic hydroxyl groups excluding tert-OH is 1. The summed E-state index contributed by atoms with van der Waals surface area (Å²) < 4.78 is 0. The largest absolute Gasteiger partial charge is 0.389 e. The van der Waals surface area contributed by atoms with Crippen LogP contribution in [0.1, 0.15) is 20.8 Å². The fourth-order valence-corrected chi connectivity index (χ4v) is 1.56. The van der Waals surface area contributed by atoms with Crippen LogP contribution in [0.15, 0.2) is 12.7 Å². The molecule has 0 rings (SSSR count). The second-order valence-corrected chi connectivity index (χ2v) is 4.70. The quantitative estimate of drug-likeness (QED) is 0.645. The van der Waals surface area contributed by atoms with Crippen molar-refractivity contribution in [3.8, 4) is 0 Å². The van der Waals surface area contributed by atoms with Gasteiger partial charge in [0.05, 0.1) is 6.10 Å². The van der Waals surface area contributed by atoms with E-state index < -0.39 is 0 Å². The number of hydrogen-bond donors (Lipinski definition) is 1. The van der Waals surface area contributed by atoms with Crippen LogP contribution in [0.25, 0.3) is 0 Å². The van der Waals surface area contributed by atoms with Gasteiger partial charge in [0.1, 0.15) is 0 Å². The summed E-state index contributed by atoms with van der Waals surface area (Å²) in [5.41, 5.74) is 0. The maximum atomic E-state index is 9.31. The van der Waals surface area contributed by atoms with E-state index in [0.29, 0.717) is 11.2 Å². The molecule has 0 spiro atoms. The average Bonchev–Trinajstić information content (AvgIpc) is 1.98. The molecule has 11 heavy (non-hydrogen) atoms. The standard InChI is InChI=1S/C9H18OS/c1-5-9(10)8(4)6-11-7(2)3/h5,7-10H,1,6H2,2-4H3. The first kappa shape index (κ1) is 11.1. The van der Waals surface area contributed by atoms with E-state index in [2.05, 4.69) is 20.4 Å². The van der Waals surface area contributed by atoms with E-state index in [1.807, 2.05) is 18.7 Å². The lowest BCUT2D eigenvalue weighted by molar-refractivity contribution is 0.175. The van der Waals surface area contributed by atoms with Crippen LogP contribution in [-0.2, 0) is 0 Å². The molecule has 0 aliphatic carbocycles. The van der Waals surface area contributed by atoms with Gasteiger partial charge in [-0.25, -0.2) is 0 Å². The highest BCUT2D eigenvalue weighted by Gasteiger charge is 2.10. The monoisotopic (exact) mass is 174 g/mol. The summed E-state index contributed by atoms with van der Waals surface area (Å²) in [6.45, 7) is 9.92. The van der Waals surface area contributed by atoms with Crippen LogP contribution in [0, 0.1) is 5.92 Å². The van der Waals surface area contributed by atoms with E-state index in [1.54, 1.807) is 6.08 Å². The van der Waals surface area contributed by atoms with Crippen LogP contribution in [0.2, 0.25) is 0 Å². The summed E-state index contributed by atoms with van der Waals surface area (Å²) in [5, 5.41) is 9.96. The predicted octanol–water partition coefficient (Wildman–Crippen LogP) is 2.31. The van der Waals surface area contributed by atoms with Crippen molar-refractivity contribution in [2.24, 2.45) is 5.92 Å². The molecule has 0 heterocycles. The molecule has 0 saturated carbocycles. The lowest BCUT2D eigenvalue weighted by Gasteiger charge is -2.15. The van der Waals surface area contributed by atoms with Crippen LogP contribution in [0.3, 0.4) is 0 Å². The Morgan fingerprint density at radius 1 is 1.45 bits per heavy atom. The number of thioether (sulfide) groups is 1. The van der Waals surface area contributed by atoms with Gasteiger partial charge >= 0.3 is 0 Å². The average molecular weight is 174 g/mol. The van der Waals surface area contributed by atoms with Crippen molar-refractivity contribution < 1.29 is 5.11 Å². The molecular formula is C9H18OS. The highest BCUT2D eigenvalue weighted by Crippen LogP contribution is 2.16. The van der Waals surface area contributed by atoms with Crippen molar-refractivity contribution in [2.45, 2.75) is 32.1 Å². The van der Waals surface area contributed by atoms with Gasteiger partial charge in [0.15, 0.2) is 0 Å². The zero-order valence-electron chi connectivity index (χ0n) is 7.58. The molecule has 2 atom stereocenters. The Labute approximate surface area is 73.9 Å². The van der Waals surface area contributed by atoms with Gasteiger partial charge in [-0.05, 0) is 16.9 Å². The van der Waals surface area contributed by atoms with Gasteiger partial charge in [0.25, 0.3) is 0 Å². The minimum Gasteiger partial charge on any atom is -0.389 e. The third-order valence-electron chi connectivity index (χ3n) is 1.52. The second-order valence-electron chi connectivity index (χ2n) is 3.09. The Kier molecular flexibility index (Phi) is 5.69. The second kappa shape index (κ2) is 5.67. The molecule has 2 unspecified atom stereocenters. The Morgan fingerprint density at radius 2 is 2.00 bits per heavy atom. The van der Waals surface area contributed by atoms with Gasteiger partial charge in [-0.1, -0.05) is 26.8 Å². The van der Waals surface area contributed by atoms with E-state index in [0.717, 1.165) is 5.75 Å². The Morgan fingerprint density at radius 3 is 2.36 bits per heavy atom. The Hall–Kier alpha value is 0.0500. The van der Waals surface area contributed by atoms with Crippen LogP contribution in [-0.4, -0.2) is 22.2 Å². The Balaban J connectivity index is 3.51. The summed E-state index contributed by atoms with van der Waals surface area (Å²) in [7, 11) is 0. The molecule has 66 valence electrons. The van der Waals surface area contributed by atoms with Crippen LogP contribution >= 0.6 is 11.8 Å². The zero-order chi connectivity index (χ0) is 8.85. The SMILES string of the molecule is C=CC(O)C(C)CSC(C)C. The minimum atomic E-state index is -0.346. The summed E-state index contributed by atoms with van der Waals surface area (Å²) in [5.74, 6) is 1.32. The van der Waals surface area contributed by atoms with Crippen molar-refractivity contribution in [1.29, 1.82) is 0 Å². The summed E-state index contributed by atoms with van der Waals surface area (Å²) in [6.07, 6.45) is 1.26. The Bertz CT molecular complexity index is 112. The molecule has 0 bridgehead atoms. The summed E-state index contributed by atoms with van der Waals surface area (Å²) in [4.78, 5) is 0. The molecule has 0 aromatic rings. The fraction of sp³-hybridized carbons (Fsp3) is 0.778. The van der Waals surface area contributed by atoms with Gasteiger partial charge < -0.3 is 5.11 Å². The smallest absolute Gasteiger partial charge is 0.0751 e. The molecule has 0 aromatic carbocycles. The van der Waals surface area contributed by atoms with Crippen molar-refractivity contribution >= 4 is 11.8 Å². The molecule has 0 aliphatic heterocycles. The van der Waals surface area contributed by atoms with Crippen molar-refractivity contribution in [1.82, 2.24) is 0 Å². The molecule has 1 nitrogen and oxygen atoms in total. The molecule has 0 amide bonds. The van der Waals surface area contributed by atoms with E-state index in [9.17, 15) is 5.11 Å². The first-order valence-electron chi connectivity index (χ1n) is 4.00. The topological polar surface area (TPSA) is 20.2 Å². The van der Waals surface area contributed by atoms with Gasteiger partial charge in [-0.15, -0.1) is 6.58 Å². The van der Waals surface area contributed by atoms with Crippen molar-refractivity contribution in [2.75, 3.05) is 5.75 Å². The third-order valence-corrected chi connectivity index (χ3v) is 2.90. The maximum absolute atomic E-state index is 9.31. The van der Waals surface area contributed by atoms with E-state index in [1.165, 1.54) is 0 Å².